The minimum atomic E-state index is 0.292. The summed E-state index contributed by atoms with van der Waals surface area (Å²) in [5.74, 6) is 1.59. The Bertz CT molecular complexity index is 633. The van der Waals surface area contributed by atoms with Crippen LogP contribution in [0.5, 0.6) is 11.5 Å². The molecule has 1 N–H and O–H groups in total. The van der Waals surface area contributed by atoms with Crippen molar-refractivity contribution in [1.29, 1.82) is 0 Å². The summed E-state index contributed by atoms with van der Waals surface area (Å²) in [6.07, 6.45) is 2.08. The maximum absolute atomic E-state index is 5.43. The van der Waals surface area contributed by atoms with Crippen LogP contribution in [-0.4, -0.2) is 13.0 Å². The fraction of sp³-hybridized carbons (Fsp3) is 0.200. The standard InChI is InChI=1S/C15H14BrNO2S/c1-20-12-4-2-3-11(7-12)17-8-10-5-13(16)15-14(6-10)18-9-19-15/h2-7,17H,8-9H2,1H3. The third-order valence-electron chi connectivity index (χ3n) is 3.05. The van der Waals surface area contributed by atoms with Gasteiger partial charge in [0.05, 0.1) is 4.47 Å². The molecule has 3 rings (SSSR count). The molecule has 1 aliphatic heterocycles. The molecular weight excluding hydrogens is 338 g/mol. The van der Waals surface area contributed by atoms with Gasteiger partial charge in [-0.3, -0.25) is 0 Å². The Labute approximate surface area is 130 Å². The lowest BCUT2D eigenvalue weighted by Crippen LogP contribution is -1.99. The van der Waals surface area contributed by atoms with Crippen LogP contribution in [0.3, 0.4) is 0 Å². The van der Waals surface area contributed by atoms with Gasteiger partial charge in [0.2, 0.25) is 6.79 Å². The van der Waals surface area contributed by atoms with E-state index >= 15 is 0 Å². The maximum Gasteiger partial charge on any atom is 0.231 e. The van der Waals surface area contributed by atoms with Gasteiger partial charge in [0, 0.05) is 17.1 Å². The van der Waals surface area contributed by atoms with Crippen molar-refractivity contribution >= 4 is 33.4 Å². The molecule has 0 atom stereocenters. The van der Waals surface area contributed by atoms with Crippen LogP contribution in [0.2, 0.25) is 0 Å². The summed E-state index contributed by atoms with van der Waals surface area (Å²) >= 11 is 5.25. The number of ether oxygens (including phenoxy) is 2. The van der Waals surface area contributed by atoms with Crippen molar-refractivity contribution in [3.05, 3.63) is 46.4 Å². The van der Waals surface area contributed by atoms with E-state index in [0.717, 1.165) is 33.8 Å². The molecule has 0 aliphatic carbocycles. The zero-order valence-corrected chi connectivity index (χ0v) is 13.4. The fourth-order valence-corrected chi connectivity index (χ4v) is 3.12. The third kappa shape index (κ3) is 2.88. The second kappa shape index (κ2) is 5.97. The van der Waals surface area contributed by atoms with Crippen molar-refractivity contribution in [2.24, 2.45) is 0 Å². The van der Waals surface area contributed by atoms with Gasteiger partial charge < -0.3 is 14.8 Å². The van der Waals surface area contributed by atoms with E-state index in [-0.39, 0.29) is 0 Å². The van der Waals surface area contributed by atoms with Gasteiger partial charge in [-0.1, -0.05) is 6.07 Å². The Balaban J connectivity index is 1.73. The number of hydrogen-bond donors (Lipinski definition) is 1. The third-order valence-corrected chi connectivity index (χ3v) is 4.37. The lowest BCUT2D eigenvalue weighted by atomic mass is 10.2. The zero-order valence-electron chi connectivity index (χ0n) is 11.0. The Morgan fingerprint density at radius 1 is 1.25 bits per heavy atom. The molecule has 5 heteroatoms. The Kier molecular flexibility index (Phi) is 4.08. The van der Waals surface area contributed by atoms with Crippen LogP contribution in [0.15, 0.2) is 45.8 Å². The van der Waals surface area contributed by atoms with Gasteiger partial charge in [-0.25, -0.2) is 0 Å². The number of hydrogen-bond acceptors (Lipinski definition) is 4. The summed E-state index contributed by atoms with van der Waals surface area (Å²) in [5, 5.41) is 3.42. The van der Waals surface area contributed by atoms with Crippen LogP contribution < -0.4 is 14.8 Å². The number of nitrogens with one attached hydrogen (secondary N) is 1. The molecule has 2 aromatic rings. The van der Waals surface area contributed by atoms with Gasteiger partial charge in [-0.2, -0.15) is 0 Å². The van der Waals surface area contributed by atoms with E-state index in [2.05, 4.69) is 57.8 Å². The van der Waals surface area contributed by atoms with Crippen molar-refractivity contribution in [2.75, 3.05) is 18.4 Å². The molecular formula is C15H14BrNO2S. The maximum atomic E-state index is 5.43. The van der Waals surface area contributed by atoms with Gasteiger partial charge >= 0.3 is 0 Å². The Hall–Kier alpha value is -1.33. The molecule has 20 heavy (non-hydrogen) atoms. The molecule has 0 aromatic heterocycles. The van der Waals surface area contributed by atoms with Crippen molar-refractivity contribution in [3.8, 4) is 11.5 Å². The summed E-state index contributed by atoms with van der Waals surface area (Å²) in [6.45, 7) is 1.04. The molecule has 3 nitrogen and oxygen atoms in total. The predicted octanol–water partition coefficient (Wildman–Crippen LogP) is 4.51. The normalized spacial score (nSPS) is 12.5. The van der Waals surface area contributed by atoms with E-state index in [1.807, 2.05) is 6.07 Å². The van der Waals surface area contributed by atoms with Crippen molar-refractivity contribution in [3.63, 3.8) is 0 Å². The van der Waals surface area contributed by atoms with E-state index < -0.39 is 0 Å². The molecule has 0 unspecified atom stereocenters. The predicted molar refractivity (Wildman–Crippen MR) is 85.8 cm³/mol. The number of halogens is 1. The molecule has 0 bridgehead atoms. The highest BCUT2D eigenvalue weighted by molar-refractivity contribution is 9.10. The first-order valence-corrected chi connectivity index (χ1v) is 8.24. The van der Waals surface area contributed by atoms with Crippen molar-refractivity contribution in [2.45, 2.75) is 11.4 Å². The molecule has 0 spiro atoms. The van der Waals surface area contributed by atoms with Gasteiger partial charge in [0.15, 0.2) is 11.5 Å². The summed E-state index contributed by atoms with van der Waals surface area (Å²) in [4.78, 5) is 1.25. The van der Waals surface area contributed by atoms with Crippen molar-refractivity contribution < 1.29 is 9.47 Å². The highest BCUT2D eigenvalue weighted by atomic mass is 79.9. The minimum Gasteiger partial charge on any atom is -0.454 e. The van der Waals surface area contributed by atoms with Gasteiger partial charge in [-0.05, 0) is 58.1 Å². The van der Waals surface area contributed by atoms with Gasteiger partial charge in [0.25, 0.3) is 0 Å². The average molecular weight is 352 g/mol. The Morgan fingerprint density at radius 2 is 2.15 bits per heavy atom. The zero-order chi connectivity index (χ0) is 13.9. The highest BCUT2D eigenvalue weighted by Gasteiger charge is 2.17. The molecule has 0 radical (unpaired) electrons. The van der Waals surface area contributed by atoms with Crippen LogP contribution in [0.1, 0.15) is 5.56 Å². The first kappa shape index (κ1) is 13.6. The van der Waals surface area contributed by atoms with Crippen LogP contribution in [0.25, 0.3) is 0 Å². The quantitative estimate of drug-likeness (QED) is 0.820. The van der Waals surface area contributed by atoms with E-state index in [0.29, 0.717) is 6.79 Å². The number of rotatable bonds is 4. The van der Waals surface area contributed by atoms with Crippen molar-refractivity contribution in [1.82, 2.24) is 0 Å². The SMILES string of the molecule is CSc1cccc(NCc2cc(Br)c3c(c2)OCO3)c1. The summed E-state index contributed by atoms with van der Waals surface area (Å²) < 4.78 is 11.7. The van der Waals surface area contributed by atoms with Crippen LogP contribution >= 0.6 is 27.7 Å². The minimum absolute atomic E-state index is 0.292. The van der Waals surface area contributed by atoms with Gasteiger partial charge in [0.1, 0.15) is 0 Å². The van der Waals surface area contributed by atoms with Crippen LogP contribution in [0, 0.1) is 0 Å². The van der Waals surface area contributed by atoms with Crippen LogP contribution in [0.4, 0.5) is 5.69 Å². The monoisotopic (exact) mass is 351 g/mol. The van der Waals surface area contributed by atoms with E-state index in [1.54, 1.807) is 11.8 Å². The average Bonchev–Trinajstić information content (AvgIpc) is 2.94. The first-order chi connectivity index (χ1) is 9.76. The molecule has 0 fully saturated rings. The number of fused-ring (bicyclic) bond motifs is 1. The Morgan fingerprint density at radius 3 is 3.00 bits per heavy atom. The molecule has 0 saturated heterocycles. The summed E-state index contributed by atoms with van der Waals surface area (Å²) in [7, 11) is 0. The highest BCUT2D eigenvalue weighted by Crippen LogP contribution is 2.40. The van der Waals surface area contributed by atoms with E-state index in [1.165, 1.54) is 4.90 Å². The molecule has 2 aromatic carbocycles. The fourth-order valence-electron chi connectivity index (χ4n) is 2.06. The second-order valence-electron chi connectivity index (χ2n) is 4.40. The molecule has 0 amide bonds. The van der Waals surface area contributed by atoms with E-state index in [9.17, 15) is 0 Å². The molecule has 0 saturated carbocycles. The number of anilines is 1. The van der Waals surface area contributed by atoms with Crippen LogP contribution in [-0.2, 0) is 6.54 Å². The topological polar surface area (TPSA) is 30.5 Å². The van der Waals surface area contributed by atoms with E-state index in [4.69, 9.17) is 9.47 Å². The van der Waals surface area contributed by atoms with Gasteiger partial charge in [-0.15, -0.1) is 11.8 Å². The molecule has 1 aliphatic rings. The molecule has 1 heterocycles. The smallest absolute Gasteiger partial charge is 0.231 e. The summed E-state index contributed by atoms with van der Waals surface area (Å²) in [6, 6.07) is 12.4. The summed E-state index contributed by atoms with van der Waals surface area (Å²) in [5.41, 5.74) is 2.27. The largest absolute Gasteiger partial charge is 0.454 e. The lowest BCUT2D eigenvalue weighted by molar-refractivity contribution is 0.173. The second-order valence-corrected chi connectivity index (χ2v) is 6.13. The number of benzene rings is 2. The molecule has 104 valence electrons. The lowest BCUT2D eigenvalue weighted by Gasteiger charge is -2.09. The number of thioether (sulfide) groups is 1. The first-order valence-electron chi connectivity index (χ1n) is 6.22.